The lowest BCUT2D eigenvalue weighted by Crippen LogP contribution is -2.57. The Labute approximate surface area is 287 Å². The molecule has 0 aromatic carbocycles. The minimum absolute atomic E-state index is 0.0178. The highest BCUT2D eigenvalue weighted by Gasteiger charge is 2.31. The number of imide groups is 1. The standard InChI is InChI=1S/C33H53N7O9/c1-21(2)28(39-25(41)15-4-3-9-20-40-26(42)16-17-27(40)43)31(46)37-23(14-10-19-36-33(34)49)30(45)38-24(32(47)48)13-7-8-18-35-29(44)22-11-5-6-12-22/h16-17,21-24,28H,3-15,18-20H2,1-2H3,(H,35,44)(H,37,46)(H,38,45)(H,39,41)(H,47,48)(H3,34,36,49)/t23-,24-,28?/m0/s1. The van der Waals surface area contributed by atoms with E-state index in [-0.39, 0.29) is 74.2 Å². The molecule has 49 heavy (non-hydrogen) atoms. The van der Waals surface area contributed by atoms with Gasteiger partial charge in [-0.2, -0.15) is 0 Å². The molecule has 1 unspecified atom stereocenters. The van der Waals surface area contributed by atoms with Crippen LogP contribution in [0.1, 0.15) is 97.3 Å². The SMILES string of the molecule is CC(C)C(NC(=O)CCCCCN1C(=O)C=CC1=O)C(=O)N[C@@H](CCCNC(N)=O)C(=O)N[C@@H](CCCCNC(=O)C1CCCC1)C(=O)O. The van der Waals surface area contributed by atoms with Crippen LogP contribution in [0.4, 0.5) is 4.79 Å². The van der Waals surface area contributed by atoms with Gasteiger partial charge in [0.25, 0.3) is 11.8 Å². The number of unbranched alkanes of at least 4 members (excludes halogenated alkanes) is 3. The van der Waals surface area contributed by atoms with Crippen LogP contribution in [0, 0.1) is 11.8 Å². The number of primary amides is 1. The number of carbonyl (C=O) groups excluding carboxylic acids is 7. The highest BCUT2D eigenvalue weighted by molar-refractivity contribution is 6.12. The number of carboxylic acids is 1. The van der Waals surface area contributed by atoms with Gasteiger partial charge in [0.1, 0.15) is 18.1 Å². The third kappa shape index (κ3) is 15.1. The van der Waals surface area contributed by atoms with Crippen molar-refractivity contribution in [3.63, 3.8) is 0 Å². The molecule has 1 heterocycles. The summed E-state index contributed by atoms with van der Waals surface area (Å²) in [4.78, 5) is 99.1. The Morgan fingerprint density at radius 1 is 0.796 bits per heavy atom. The van der Waals surface area contributed by atoms with Crippen molar-refractivity contribution in [2.24, 2.45) is 17.6 Å². The summed E-state index contributed by atoms with van der Waals surface area (Å²) in [7, 11) is 0. The van der Waals surface area contributed by atoms with Gasteiger partial charge in [-0.15, -0.1) is 0 Å². The maximum atomic E-state index is 13.4. The number of rotatable bonds is 23. The Kier molecular flexibility index (Phi) is 17.8. The fraction of sp³-hybridized carbons (Fsp3) is 0.697. The lowest BCUT2D eigenvalue weighted by atomic mass is 10.0. The summed E-state index contributed by atoms with van der Waals surface area (Å²) in [6.45, 7) is 4.23. The molecule has 2 rings (SSSR count). The van der Waals surface area contributed by atoms with Crippen molar-refractivity contribution in [2.45, 2.75) is 115 Å². The zero-order chi connectivity index (χ0) is 36.3. The lowest BCUT2D eigenvalue weighted by Gasteiger charge is -2.26. The van der Waals surface area contributed by atoms with E-state index in [1.165, 1.54) is 12.2 Å². The Morgan fingerprint density at radius 3 is 2.02 bits per heavy atom. The first-order valence-electron chi connectivity index (χ1n) is 17.3. The summed E-state index contributed by atoms with van der Waals surface area (Å²) < 4.78 is 0. The average molecular weight is 692 g/mol. The molecular formula is C33H53N7O9. The molecule has 0 saturated heterocycles. The smallest absolute Gasteiger partial charge is 0.326 e. The molecule has 1 aliphatic carbocycles. The van der Waals surface area contributed by atoms with Gasteiger partial charge in [-0.05, 0) is 63.7 Å². The van der Waals surface area contributed by atoms with E-state index >= 15 is 0 Å². The van der Waals surface area contributed by atoms with Gasteiger partial charge in [0, 0.05) is 44.1 Å². The number of urea groups is 1. The van der Waals surface area contributed by atoms with Crippen molar-refractivity contribution in [2.75, 3.05) is 19.6 Å². The number of aliphatic carboxylic acids is 1. The fourth-order valence-electron chi connectivity index (χ4n) is 5.76. The minimum atomic E-state index is -1.24. The Morgan fingerprint density at radius 2 is 1.41 bits per heavy atom. The second kappa shape index (κ2) is 21.5. The third-order valence-corrected chi connectivity index (χ3v) is 8.61. The molecule has 3 atom stereocenters. The maximum Gasteiger partial charge on any atom is 0.326 e. The van der Waals surface area contributed by atoms with Crippen molar-refractivity contribution in [3.05, 3.63) is 12.2 Å². The molecular weight excluding hydrogens is 638 g/mol. The van der Waals surface area contributed by atoms with E-state index in [4.69, 9.17) is 5.73 Å². The Hall–Kier alpha value is -4.50. The molecule has 2 aliphatic rings. The molecule has 274 valence electrons. The number of carbonyl (C=O) groups is 8. The zero-order valence-electron chi connectivity index (χ0n) is 28.6. The molecule has 8 N–H and O–H groups in total. The van der Waals surface area contributed by atoms with Crippen LogP contribution in [0.2, 0.25) is 0 Å². The summed E-state index contributed by atoms with van der Waals surface area (Å²) in [5, 5.41) is 22.9. The summed E-state index contributed by atoms with van der Waals surface area (Å²) in [5.74, 6) is -4.01. The number of nitrogens with zero attached hydrogens (tertiary/aromatic N) is 1. The molecule has 1 saturated carbocycles. The fourth-order valence-corrected chi connectivity index (χ4v) is 5.76. The normalized spacial score (nSPS) is 16.3. The minimum Gasteiger partial charge on any atom is -0.480 e. The highest BCUT2D eigenvalue weighted by atomic mass is 16.4. The largest absolute Gasteiger partial charge is 0.480 e. The molecule has 1 aliphatic heterocycles. The van der Waals surface area contributed by atoms with Crippen molar-refractivity contribution >= 4 is 47.4 Å². The van der Waals surface area contributed by atoms with Crippen LogP contribution in [0.15, 0.2) is 12.2 Å². The van der Waals surface area contributed by atoms with Crippen LogP contribution >= 0.6 is 0 Å². The maximum absolute atomic E-state index is 13.4. The van der Waals surface area contributed by atoms with E-state index < -0.39 is 41.9 Å². The second-order valence-electron chi connectivity index (χ2n) is 12.9. The number of hydrogen-bond donors (Lipinski definition) is 7. The van der Waals surface area contributed by atoms with Crippen LogP contribution in [-0.2, 0) is 33.6 Å². The van der Waals surface area contributed by atoms with Gasteiger partial charge in [0.15, 0.2) is 0 Å². The van der Waals surface area contributed by atoms with Crippen LogP contribution in [0.5, 0.6) is 0 Å². The van der Waals surface area contributed by atoms with Gasteiger partial charge >= 0.3 is 12.0 Å². The van der Waals surface area contributed by atoms with Gasteiger partial charge in [-0.3, -0.25) is 33.7 Å². The predicted octanol–water partition coefficient (Wildman–Crippen LogP) is 0.592. The molecule has 0 radical (unpaired) electrons. The van der Waals surface area contributed by atoms with E-state index in [2.05, 4.69) is 26.6 Å². The first kappa shape index (κ1) is 40.7. The highest BCUT2D eigenvalue weighted by Crippen LogP contribution is 2.24. The van der Waals surface area contributed by atoms with E-state index in [0.29, 0.717) is 38.6 Å². The summed E-state index contributed by atoms with van der Waals surface area (Å²) in [6, 6.07) is -4.15. The number of carboxylic acid groups (broad SMARTS) is 1. The van der Waals surface area contributed by atoms with E-state index in [9.17, 15) is 43.5 Å². The van der Waals surface area contributed by atoms with E-state index in [0.717, 1.165) is 30.6 Å². The summed E-state index contributed by atoms with van der Waals surface area (Å²) in [6.07, 6.45) is 9.29. The number of hydrogen-bond acceptors (Lipinski definition) is 8. The predicted molar refractivity (Wildman–Crippen MR) is 178 cm³/mol. The molecule has 8 amide bonds. The van der Waals surface area contributed by atoms with Crippen molar-refractivity contribution in [1.82, 2.24) is 31.5 Å². The number of nitrogens with one attached hydrogen (secondary N) is 5. The molecule has 16 nitrogen and oxygen atoms in total. The van der Waals surface area contributed by atoms with Crippen molar-refractivity contribution < 1.29 is 43.5 Å². The molecule has 0 spiro atoms. The second-order valence-corrected chi connectivity index (χ2v) is 12.9. The van der Waals surface area contributed by atoms with Crippen molar-refractivity contribution in [1.29, 1.82) is 0 Å². The molecule has 1 fully saturated rings. The monoisotopic (exact) mass is 691 g/mol. The molecule has 0 bridgehead atoms. The molecule has 16 heteroatoms. The first-order chi connectivity index (χ1) is 23.3. The Balaban J connectivity index is 1.90. The quantitative estimate of drug-likeness (QED) is 0.0585. The van der Waals surface area contributed by atoms with Crippen LogP contribution in [-0.4, -0.2) is 95.2 Å². The lowest BCUT2D eigenvalue weighted by molar-refractivity contribution is -0.142. The van der Waals surface area contributed by atoms with Crippen LogP contribution < -0.4 is 32.3 Å². The van der Waals surface area contributed by atoms with E-state index in [1.54, 1.807) is 13.8 Å². The third-order valence-electron chi connectivity index (χ3n) is 8.61. The van der Waals surface area contributed by atoms with Gasteiger partial charge < -0.3 is 37.4 Å². The number of amides is 8. The average Bonchev–Trinajstić information content (AvgIpc) is 3.70. The summed E-state index contributed by atoms with van der Waals surface area (Å²) in [5.41, 5.74) is 5.12. The number of nitrogens with two attached hydrogens (primary N) is 1. The van der Waals surface area contributed by atoms with Gasteiger partial charge in [-0.1, -0.05) is 33.1 Å². The van der Waals surface area contributed by atoms with Crippen molar-refractivity contribution in [3.8, 4) is 0 Å². The Bertz CT molecular complexity index is 1200. The summed E-state index contributed by atoms with van der Waals surface area (Å²) >= 11 is 0. The van der Waals surface area contributed by atoms with Gasteiger partial charge in [-0.25, -0.2) is 9.59 Å². The van der Waals surface area contributed by atoms with Gasteiger partial charge in [0.05, 0.1) is 0 Å². The van der Waals surface area contributed by atoms with Crippen LogP contribution in [0.3, 0.4) is 0 Å². The molecule has 0 aromatic heterocycles. The van der Waals surface area contributed by atoms with Crippen LogP contribution in [0.25, 0.3) is 0 Å². The topological polar surface area (TPSA) is 246 Å². The zero-order valence-corrected chi connectivity index (χ0v) is 28.6. The van der Waals surface area contributed by atoms with E-state index in [1.807, 2.05) is 0 Å². The van der Waals surface area contributed by atoms with Gasteiger partial charge in [0.2, 0.25) is 23.6 Å². The molecule has 0 aromatic rings. The first-order valence-corrected chi connectivity index (χ1v) is 17.3.